The van der Waals surface area contributed by atoms with Crippen LogP contribution in [0.4, 0.5) is 18.9 Å². The van der Waals surface area contributed by atoms with Crippen LogP contribution in [0.25, 0.3) is 10.9 Å². The van der Waals surface area contributed by atoms with E-state index in [9.17, 15) is 23.1 Å². The number of hydrogen-bond acceptors (Lipinski definition) is 5. The summed E-state index contributed by atoms with van der Waals surface area (Å²) in [5.41, 5.74) is 0.0614. The lowest BCUT2D eigenvalue weighted by Crippen LogP contribution is -2.21. The van der Waals surface area contributed by atoms with Gasteiger partial charge in [-0.3, -0.25) is 9.48 Å². The van der Waals surface area contributed by atoms with Gasteiger partial charge in [0.25, 0.3) is 5.91 Å². The van der Waals surface area contributed by atoms with Crippen molar-refractivity contribution in [2.24, 2.45) is 11.8 Å². The van der Waals surface area contributed by atoms with Gasteiger partial charge in [-0.1, -0.05) is 13.8 Å². The van der Waals surface area contributed by atoms with Crippen LogP contribution in [0.2, 0.25) is 0 Å². The highest BCUT2D eigenvalue weighted by atomic mass is 19.4. The van der Waals surface area contributed by atoms with E-state index >= 15 is 0 Å². The Labute approximate surface area is 201 Å². The summed E-state index contributed by atoms with van der Waals surface area (Å²) in [4.78, 5) is 19.2. The zero-order chi connectivity index (χ0) is 25.5. The molecule has 4 rings (SSSR count). The zero-order valence-corrected chi connectivity index (χ0v) is 20.2. The highest BCUT2D eigenvalue weighted by Gasteiger charge is 2.34. The number of hydrogen-bond donors (Lipinski definition) is 2. The van der Waals surface area contributed by atoms with Crippen molar-refractivity contribution < 1.29 is 23.1 Å². The molecule has 0 radical (unpaired) electrons. The van der Waals surface area contributed by atoms with Gasteiger partial charge in [-0.15, -0.1) is 0 Å². The molecule has 10 heteroatoms. The average molecular weight is 490 g/mol. The summed E-state index contributed by atoms with van der Waals surface area (Å²) in [6.07, 6.45) is 3.33. The van der Waals surface area contributed by atoms with Gasteiger partial charge < -0.3 is 10.4 Å². The summed E-state index contributed by atoms with van der Waals surface area (Å²) in [5.74, 6) is -0.595. The molecular weight excluding hydrogens is 459 g/mol. The second-order valence-corrected chi connectivity index (χ2v) is 10.2. The maximum Gasteiger partial charge on any atom is 0.451 e. The van der Waals surface area contributed by atoms with Crippen molar-refractivity contribution in [1.82, 2.24) is 19.7 Å². The van der Waals surface area contributed by atoms with Gasteiger partial charge in [0.15, 0.2) is 0 Å². The topological polar surface area (TPSA) is 92.9 Å². The van der Waals surface area contributed by atoms with Crippen LogP contribution < -0.4 is 5.32 Å². The molecule has 3 aromatic rings. The number of anilines is 1. The maximum atomic E-state index is 12.8. The minimum Gasteiger partial charge on any atom is -0.386 e. The van der Waals surface area contributed by atoms with Crippen LogP contribution in [-0.2, 0) is 11.8 Å². The number of halogens is 3. The average Bonchev–Trinajstić information content (AvgIpc) is 3.20. The minimum atomic E-state index is -4.69. The number of amides is 1. The summed E-state index contributed by atoms with van der Waals surface area (Å²) in [7, 11) is 0. The van der Waals surface area contributed by atoms with E-state index in [0.29, 0.717) is 28.7 Å². The Balaban J connectivity index is 1.61. The third-order valence-electron chi connectivity index (χ3n) is 6.79. The normalized spacial score (nSPS) is 19.3. The number of carbonyl (C=O) groups is 1. The van der Waals surface area contributed by atoms with Crippen LogP contribution in [0.5, 0.6) is 0 Å². The van der Waals surface area contributed by atoms with Crippen molar-refractivity contribution in [1.29, 1.82) is 0 Å². The predicted molar refractivity (Wildman–Crippen MR) is 126 cm³/mol. The maximum absolute atomic E-state index is 12.8. The van der Waals surface area contributed by atoms with Gasteiger partial charge in [0, 0.05) is 35.2 Å². The molecule has 188 valence electrons. The summed E-state index contributed by atoms with van der Waals surface area (Å²) < 4.78 is 40.2. The standard InChI is InChI=1S/C25H30F3N5O2/c1-14(2)15-5-7-18(8-6-15)33-13-16-9-21(19(24(3,4)35)10-20(16)32-33)31-22(34)17-11-29-23(30-12-17)25(26,27)28/h9-15,18,35H,5-8H2,1-4H3,(H,31,34). The van der Waals surface area contributed by atoms with E-state index in [4.69, 9.17) is 5.10 Å². The van der Waals surface area contributed by atoms with Crippen molar-refractivity contribution >= 4 is 22.5 Å². The van der Waals surface area contributed by atoms with Gasteiger partial charge in [0.2, 0.25) is 5.82 Å². The third kappa shape index (κ3) is 5.47. The predicted octanol–water partition coefficient (Wildman–Crippen LogP) is 5.71. The number of nitrogens with zero attached hydrogens (tertiary/aromatic N) is 4. The van der Waals surface area contributed by atoms with Gasteiger partial charge >= 0.3 is 6.18 Å². The molecule has 2 N–H and O–H groups in total. The molecule has 0 spiro atoms. The second kappa shape index (κ2) is 9.22. The number of carbonyl (C=O) groups excluding carboxylic acids is 1. The number of alkyl halides is 3. The molecule has 0 bridgehead atoms. The van der Waals surface area contributed by atoms with Crippen LogP contribution in [0.1, 0.15) is 81.2 Å². The van der Waals surface area contributed by atoms with Crippen molar-refractivity contribution in [2.75, 3.05) is 5.32 Å². The molecule has 2 aromatic heterocycles. The Morgan fingerprint density at radius 3 is 2.29 bits per heavy atom. The molecule has 2 heterocycles. The van der Waals surface area contributed by atoms with Gasteiger partial charge in [-0.2, -0.15) is 18.3 Å². The molecule has 1 amide bonds. The lowest BCUT2D eigenvalue weighted by atomic mass is 9.80. The fourth-order valence-corrected chi connectivity index (χ4v) is 4.71. The van der Waals surface area contributed by atoms with Crippen LogP contribution in [0.15, 0.2) is 30.7 Å². The van der Waals surface area contributed by atoms with Crippen LogP contribution in [0.3, 0.4) is 0 Å². The van der Waals surface area contributed by atoms with E-state index < -0.39 is 23.5 Å². The van der Waals surface area contributed by atoms with Gasteiger partial charge in [0.05, 0.1) is 22.7 Å². The molecule has 35 heavy (non-hydrogen) atoms. The Bertz CT molecular complexity index is 1200. The number of fused-ring (bicyclic) bond motifs is 1. The third-order valence-corrected chi connectivity index (χ3v) is 6.79. The number of nitrogens with one attached hydrogen (secondary N) is 1. The highest BCUT2D eigenvalue weighted by molar-refractivity contribution is 6.05. The lowest BCUT2D eigenvalue weighted by molar-refractivity contribution is -0.145. The molecule has 0 atom stereocenters. The van der Waals surface area contributed by atoms with E-state index in [-0.39, 0.29) is 5.56 Å². The summed E-state index contributed by atoms with van der Waals surface area (Å²) in [5, 5.41) is 19.0. The van der Waals surface area contributed by atoms with Crippen LogP contribution in [-0.4, -0.2) is 30.8 Å². The minimum absolute atomic E-state index is 0.127. The number of aromatic nitrogens is 4. The molecule has 1 aliphatic rings. The fraction of sp³-hybridized carbons (Fsp3) is 0.520. The van der Waals surface area contributed by atoms with Crippen LogP contribution in [0, 0.1) is 11.8 Å². The SMILES string of the molecule is CC(C)C1CCC(n2cc3cc(NC(=O)c4cnc(C(F)(F)F)nc4)c(C(C)(C)O)cc3n2)CC1. The fourth-order valence-electron chi connectivity index (χ4n) is 4.71. The lowest BCUT2D eigenvalue weighted by Gasteiger charge is -2.30. The Morgan fingerprint density at radius 1 is 1.11 bits per heavy atom. The van der Waals surface area contributed by atoms with Crippen molar-refractivity contribution in [2.45, 2.75) is 71.2 Å². The van der Waals surface area contributed by atoms with E-state index in [2.05, 4.69) is 29.1 Å². The quantitative estimate of drug-likeness (QED) is 0.479. The highest BCUT2D eigenvalue weighted by Crippen LogP contribution is 2.37. The molecule has 0 unspecified atom stereocenters. The Hall–Kier alpha value is -3.01. The molecule has 1 saturated carbocycles. The summed E-state index contributed by atoms with van der Waals surface area (Å²) in [6, 6.07) is 3.77. The molecule has 1 aromatic carbocycles. The molecule has 7 nitrogen and oxygen atoms in total. The molecular formula is C25H30F3N5O2. The number of rotatable bonds is 5. The summed E-state index contributed by atoms with van der Waals surface area (Å²) >= 11 is 0. The zero-order valence-electron chi connectivity index (χ0n) is 20.2. The first kappa shape index (κ1) is 25.1. The van der Waals surface area contributed by atoms with Gasteiger partial charge in [-0.05, 0) is 63.5 Å². The molecule has 1 aliphatic carbocycles. The van der Waals surface area contributed by atoms with E-state index in [0.717, 1.165) is 49.4 Å². The van der Waals surface area contributed by atoms with Crippen molar-refractivity contribution in [3.05, 3.63) is 47.7 Å². The van der Waals surface area contributed by atoms with E-state index in [1.54, 1.807) is 26.0 Å². The van der Waals surface area contributed by atoms with E-state index in [1.165, 1.54) is 0 Å². The Morgan fingerprint density at radius 2 is 1.74 bits per heavy atom. The molecule has 0 aliphatic heterocycles. The first-order valence-electron chi connectivity index (χ1n) is 11.8. The first-order valence-corrected chi connectivity index (χ1v) is 11.8. The van der Waals surface area contributed by atoms with Crippen molar-refractivity contribution in [3.8, 4) is 0 Å². The number of benzene rings is 1. The van der Waals surface area contributed by atoms with Gasteiger partial charge in [0.1, 0.15) is 0 Å². The smallest absolute Gasteiger partial charge is 0.386 e. The largest absolute Gasteiger partial charge is 0.451 e. The van der Waals surface area contributed by atoms with Crippen molar-refractivity contribution in [3.63, 3.8) is 0 Å². The van der Waals surface area contributed by atoms with Gasteiger partial charge in [-0.25, -0.2) is 9.97 Å². The van der Waals surface area contributed by atoms with E-state index in [1.807, 2.05) is 10.9 Å². The summed E-state index contributed by atoms with van der Waals surface area (Å²) in [6.45, 7) is 7.71. The monoisotopic (exact) mass is 489 g/mol. The second-order valence-electron chi connectivity index (χ2n) is 10.2. The molecule has 1 fully saturated rings. The Kier molecular flexibility index (Phi) is 6.61. The first-order chi connectivity index (χ1) is 16.3. The van der Waals surface area contributed by atoms with Crippen LogP contribution >= 0.6 is 0 Å². The molecule has 0 saturated heterocycles. The number of aliphatic hydroxyl groups is 1.